The minimum atomic E-state index is -1.10. The molecule has 1 rings (SSSR count). The fraction of sp³-hybridized carbons (Fsp3) is 0.818. The smallest absolute Gasteiger partial charge is 0.326 e. The lowest BCUT2D eigenvalue weighted by Gasteiger charge is -2.23. The molecule has 18 heavy (non-hydrogen) atoms. The summed E-state index contributed by atoms with van der Waals surface area (Å²) in [7, 11) is 1.54. The van der Waals surface area contributed by atoms with Gasteiger partial charge in [-0.2, -0.15) is 0 Å². The minimum Gasteiger partial charge on any atom is -0.480 e. The summed E-state index contributed by atoms with van der Waals surface area (Å²) in [5, 5.41) is 11.5. The van der Waals surface area contributed by atoms with E-state index >= 15 is 0 Å². The van der Waals surface area contributed by atoms with E-state index in [-0.39, 0.29) is 6.61 Å². The van der Waals surface area contributed by atoms with E-state index in [2.05, 4.69) is 5.32 Å². The molecular formula is C11H20N2O5. The van der Waals surface area contributed by atoms with Crippen molar-refractivity contribution >= 4 is 11.9 Å². The number of carbonyl (C=O) groups excluding carboxylic acids is 1. The summed E-state index contributed by atoms with van der Waals surface area (Å²) in [6, 6.07) is -0.936. The van der Waals surface area contributed by atoms with E-state index in [4.69, 9.17) is 20.3 Å². The van der Waals surface area contributed by atoms with Gasteiger partial charge in [0.1, 0.15) is 11.6 Å². The van der Waals surface area contributed by atoms with Crippen molar-refractivity contribution in [1.82, 2.24) is 5.32 Å². The number of hydrogen-bond acceptors (Lipinski definition) is 5. The molecule has 1 aliphatic heterocycles. The third kappa shape index (κ3) is 3.94. The van der Waals surface area contributed by atoms with Crippen LogP contribution in [0, 0.1) is 0 Å². The highest BCUT2D eigenvalue weighted by Gasteiger charge is 2.39. The number of carboxylic acid groups (broad SMARTS) is 1. The Balaban J connectivity index is 2.49. The van der Waals surface area contributed by atoms with Crippen molar-refractivity contribution in [2.24, 2.45) is 5.73 Å². The summed E-state index contributed by atoms with van der Waals surface area (Å²) in [5.74, 6) is -1.54. The van der Waals surface area contributed by atoms with Gasteiger partial charge in [-0.25, -0.2) is 4.79 Å². The van der Waals surface area contributed by atoms with Crippen molar-refractivity contribution in [3.63, 3.8) is 0 Å². The molecule has 1 aliphatic rings. The molecule has 4 N–H and O–H groups in total. The second-order valence-corrected chi connectivity index (χ2v) is 4.46. The van der Waals surface area contributed by atoms with Crippen LogP contribution < -0.4 is 11.1 Å². The first-order chi connectivity index (χ1) is 8.49. The number of amides is 1. The molecule has 0 aliphatic carbocycles. The molecule has 2 atom stereocenters. The molecule has 0 aromatic heterocycles. The standard InChI is InChI=1S/C11H20N2O5/c1-17-5-2-3-8(9(14)15)13-10(16)11(12)4-6-18-7-11/h8H,2-7,12H2,1H3,(H,13,16)(H,14,15). The van der Waals surface area contributed by atoms with Gasteiger partial charge >= 0.3 is 5.97 Å². The quantitative estimate of drug-likeness (QED) is 0.512. The zero-order valence-corrected chi connectivity index (χ0v) is 10.5. The van der Waals surface area contributed by atoms with Crippen molar-refractivity contribution in [3.05, 3.63) is 0 Å². The van der Waals surface area contributed by atoms with Crippen LogP contribution in [0.25, 0.3) is 0 Å². The highest BCUT2D eigenvalue weighted by atomic mass is 16.5. The Morgan fingerprint density at radius 1 is 1.61 bits per heavy atom. The van der Waals surface area contributed by atoms with Crippen molar-refractivity contribution in [2.75, 3.05) is 26.9 Å². The molecule has 0 radical (unpaired) electrons. The lowest BCUT2D eigenvalue weighted by Crippen LogP contribution is -2.58. The fourth-order valence-corrected chi connectivity index (χ4v) is 1.75. The number of methoxy groups -OCH3 is 1. The summed E-state index contributed by atoms with van der Waals surface area (Å²) >= 11 is 0. The summed E-state index contributed by atoms with van der Waals surface area (Å²) in [4.78, 5) is 22.9. The fourth-order valence-electron chi connectivity index (χ4n) is 1.75. The summed E-state index contributed by atoms with van der Waals surface area (Å²) in [6.45, 7) is 1.01. The van der Waals surface area contributed by atoms with Crippen molar-refractivity contribution < 1.29 is 24.2 Å². The number of rotatable bonds is 7. The van der Waals surface area contributed by atoms with Gasteiger partial charge in [0.25, 0.3) is 0 Å². The highest BCUT2D eigenvalue weighted by molar-refractivity contribution is 5.90. The van der Waals surface area contributed by atoms with Crippen LogP contribution in [0.1, 0.15) is 19.3 Å². The van der Waals surface area contributed by atoms with Gasteiger partial charge in [0.05, 0.1) is 6.61 Å². The van der Waals surface area contributed by atoms with Gasteiger partial charge < -0.3 is 25.6 Å². The Labute approximate surface area is 106 Å². The third-order valence-corrected chi connectivity index (χ3v) is 2.95. The Morgan fingerprint density at radius 2 is 2.33 bits per heavy atom. The van der Waals surface area contributed by atoms with Crippen molar-refractivity contribution in [3.8, 4) is 0 Å². The maximum Gasteiger partial charge on any atom is 0.326 e. The van der Waals surface area contributed by atoms with Crippen molar-refractivity contribution in [1.29, 1.82) is 0 Å². The first kappa shape index (κ1) is 14.9. The lowest BCUT2D eigenvalue weighted by molar-refractivity contribution is -0.143. The van der Waals surface area contributed by atoms with Gasteiger partial charge in [-0.15, -0.1) is 0 Å². The number of hydrogen-bond donors (Lipinski definition) is 3. The molecule has 0 spiro atoms. The topological polar surface area (TPSA) is 111 Å². The predicted octanol–water partition coefficient (Wildman–Crippen LogP) is -0.900. The first-order valence-corrected chi connectivity index (χ1v) is 5.89. The molecule has 2 unspecified atom stereocenters. The van der Waals surface area contributed by atoms with Gasteiger partial charge in [0, 0.05) is 20.3 Å². The van der Waals surface area contributed by atoms with Gasteiger partial charge in [-0.3, -0.25) is 4.79 Å². The van der Waals surface area contributed by atoms with E-state index in [9.17, 15) is 9.59 Å². The molecule has 0 aromatic carbocycles. The van der Waals surface area contributed by atoms with E-state index in [0.29, 0.717) is 32.5 Å². The Bertz CT molecular complexity index is 302. The van der Waals surface area contributed by atoms with Crippen molar-refractivity contribution in [2.45, 2.75) is 30.8 Å². The average molecular weight is 260 g/mol. The SMILES string of the molecule is COCCCC(NC(=O)C1(N)CCOC1)C(=O)O. The predicted molar refractivity (Wildman–Crippen MR) is 63.0 cm³/mol. The summed E-state index contributed by atoms with van der Waals surface area (Å²) in [6.07, 6.45) is 1.27. The monoisotopic (exact) mass is 260 g/mol. The second kappa shape index (κ2) is 6.67. The van der Waals surface area contributed by atoms with E-state index in [0.717, 1.165) is 0 Å². The third-order valence-electron chi connectivity index (χ3n) is 2.95. The van der Waals surface area contributed by atoms with E-state index in [1.54, 1.807) is 7.11 Å². The van der Waals surface area contributed by atoms with Crippen LogP contribution in [0.15, 0.2) is 0 Å². The zero-order chi connectivity index (χ0) is 13.6. The molecule has 0 bridgehead atoms. The van der Waals surface area contributed by atoms with Crippen LogP contribution in [0.3, 0.4) is 0 Å². The zero-order valence-electron chi connectivity index (χ0n) is 10.5. The molecule has 1 saturated heterocycles. The van der Waals surface area contributed by atoms with Crippen LogP contribution in [-0.4, -0.2) is 55.5 Å². The largest absolute Gasteiger partial charge is 0.480 e. The van der Waals surface area contributed by atoms with Crippen LogP contribution in [0.5, 0.6) is 0 Å². The number of aliphatic carboxylic acids is 1. The Hall–Kier alpha value is -1.18. The molecule has 0 saturated carbocycles. The molecule has 104 valence electrons. The van der Waals surface area contributed by atoms with Gasteiger partial charge in [0.2, 0.25) is 5.91 Å². The van der Waals surface area contributed by atoms with Gasteiger partial charge in [0.15, 0.2) is 0 Å². The summed E-state index contributed by atoms with van der Waals surface area (Å²) in [5.41, 5.74) is 4.75. The molecule has 1 heterocycles. The average Bonchev–Trinajstić information content (AvgIpc) is 2.76. The second-order valence-electron chi connectivity index (χ2n) is 4.46. The van der Waals surface area contributed by atoms with Gasteiger partial charge in [-0.05, 0) is 19.3 Å². The normalized spacial score (nSPS) is 24.8. The summed E-state index contributed by atoms with van der Waals surface area (Å²) < 4.78 is 9.91. The molecule has 1 fully saturated rings. The maximum atomic E-state index is 11.9. The highest BCUT2D eigenvalue weighted by Crippen LogP contribution is 2.16. The number of ether oxygens (including phenoxy) is 2. The van der Waals surface area contributed by atoms with E-state index < -0.39 is 23.5 Å². The number of carbonyl (C=O) groups is 2. The van der Waals surface area contributed by atoms with Crippen LogP contribution >= 0.6 is 0 Å². The number of nitrogens with one attached hydrogen (secondary N) is 1. The first-order valence-electron chi connectivity index (χ1n) is 5.89. The molecule has 0 aromatic rings. The van der Waals surface area contributed by atoms with E-state index in [1.165, 1.54) is 0 Å². The molecule has 7 nitrogen and oxygen atoms in total. The molecular weight excluding hydrogens is 240 g/mol. The van der Waals surface area contributed by atoms with Crippen LogP contribution in [0.4, 0.5) is 0 Å². The molecule has 7 heteroatoms. The Morgan fingerprint density at radius 3 is 2.83 bits per heavy atom. The molecule has 1 amide bonds. The number of nitrogens with two attached hydrogens (primary N) is 1. The number of carboxylic acids is 1. The van der Waals surface area contributed by atoms with Gasteiger partial charge in [-0.1, -0.05) is 0 Å². The lowest BCUT2D eigenvalue weighted by atomic mass is 9.98. The van der Waals surface area contributed by atoms with Crippen LogP contribution in [-0.2, 0) is 19.1 Å². The van der Waals surface area contributed by atoms with E-state index in [1.807, 2.05) is 0 Å². The van der Waals surface area contributed by atoms with Crippen LogP contribution in [0.2, 0.25) is 0 Å². The minimum absolute atomic E-state index is 0.128. The Kier molecular flexibility index (Phi) is 5.52. The maximum absolute atomic E-state index is 11.9.